The largest absolute Gasteiger partial charge is 0.497 e. The zero-order chi connectivity index (χ0) is 18.1. The van der Waals surface area contributed by atoms with Gasteiger partial charge in [0.1, 0.15) is 5.75 Å². The Morgan fingerprint density at radius 1 is 1.08 bits per heavy atom. The lowest BCUT2D eigenvalue weighted by Crippen LogP contribution is -2.20. The number of methoxy groups -OCH3 is 1. The van der Waals surface area contributed by atoms with Crippen molar-refractivity contribution in [3.63, 3.8) is 0 Å². The molecule has 0 aromatic heterocycles. The van der Waals surface area contributed by atoms with E-state index in [9.17, 15) is 9.59 Å². The van der Waals surface area contributed by atoms with Gasteiger partial charge in [0.25, 0.3) is 0 Å². The number of hydrogen-bond donors (Lipinski definition) is 2. The van der Waals surface area contributed by atoms with Crippen LogP contribution in [0.25, 0.3) is 0 Å². The molecule has 2 amide bonds. The maximum atomic E-state index is 11.8. The van der Waals surface area contributed by atoms with E-state index in [1.165, 1.54) is 6.21 Å². The molecule has 0 heterocycles. The van der Waals surface area contributed by atoms with Gasteiger partial charge in [0, 0.05) is 29.1 Å². The van der Waals surface area contributed by atoms with Crippen LogP contribution in [0.4, 0.5) is 5.69 Å². The molecular weight excluding hydrogens is 342 g/mol. The van der Waals surface area contributed by atoms with Gasteiger partial charge in [-0.2, -0.15) is 5.10 Å². The van der Waals surface area contributed by atoms with Crippen LogP contribution in [-0.4, -0.2) is 25.1 Å². The number of carbonyl (C=O) groups excluding carboxylic acids is 2. The third-order valence-corrected chi connectivity index (χ3v) is 3.60. The first-order valence-corrected chi connectivity index (χ1v) is 7.96. The zero-order valence-corrected chi connectivity index (χ0v) is 14.4. The minimum Gasteiger partial charge on any atom is -0.497 e. The van der Waals surface area contributed by atoms with Gasteiger partial charge in [0.05, 0.1) is 13.3 Å². The van der Waals surface area contributed by atoms with E-state index in [2.05, 4.69) is 15.8 Å². The maximum absolute atomic E-state index is 11.8. The van der Waals surface area contributed by atoms with Gasteiger partial charge in [-0.1, -0.05) is 29.8 Å². The summed E-state index contributed by atoms with van der Waals surface area (Å²) < 4.78 is 5.04. The van der Waals surface area contributed by atoms with Crippen molar-refractivity contribution in [3.05, 3.63) is 59.1 Å². The van der Waals surface area contributed by atoms with Crippen LogP contribution >= 0.6 is 11.6 Å². The Morgan fingerprint density at radius 3 is 2.44 bits per heavy atom. The molecule has 0 atom stereocenters. The minimum atomic E-state index is -0.354. The SMILES string of the molecule is COc1ccc(NC(=O)CCC(=O)N/N=C\c2ccccc2Cl)cc1. The van der Waals surface area contributed by atoms with Crippen molar-refractivity contribution < 1.29 is 14.3 Å². The molecule has 6 nitrogen and oxygen atoms in total. The molecule has 2 N–H and O–H groups in total. The smallest absolute Gasteiger partial charge is 0.240 e. The fraction of sp³-hybridized carbons (Fsp3) is 0.167. The summed E-state index contributed by atoms with van der Waals surface area (Å²) in [5.41, 5.74) is 3.71. The molecule has 0 radical (unpaired) electrons. The summed E-state index contributed by atoms with van der Waals surface area (Å²) in [5, 5.41) is 7.08. The number of amides is 2. The number of benzene rings is 2. The molecule has 25 heavy (non-hydrogen) atoms. The lowest BCUT2D eigenvalue weighted by molar-refractivity contribution is -0.124. The molecule has 0 aliphatic rings. The van der Waals surface area contributed by atoms with Gasteiger partial charge >= 0.3 is 0 Å². The molecule has 2 rings (SSSR count). The van der Waals surface area contributed by atoms with E-state index in [-0.39, 0.29) is 24.7 Å². The molecule has 2 aromatic rings. The summed E-state index contributed by atoms with van der Waals surface area (Å²) >= 11 is 5.97. The summed E-state index contributed by atoms with van der Waals surface area (Å²) in [6.07, 6.45) is 1.54. The summed E-state index contributed by atoms with van der Waals surface area (Å²) in [7, 11) is 1.57. The van der Waals surface area contributed by atoms with Gasteiger partial charge in [-0.15, -0.1) is 0 Å². The van der Waals surface area contributed by atoms with Gasteiger partial charge in [-0.25, -0.2) is 5.43 Å². The topological polar surface area (TPSA) is 79.8 Å². The van der Waals surface area contributed by atoms with Crippen LogP contribution in [0.5, 0.6) is 5.75 Å². The van der Waals surface area contributed by atoms with E-state index in [1.807, 2.05) is 6.07 Å². The van der Waals surface area contributed by atoms with Crippen LogP contribution < -0.4 is 15.5 Å². The highest BCUT2D eigenvalue weighted by atomic mass is 35.5. The number of rotatable bonds is 7. The Labute approximate surface area is 150 Å². The normalized spacial score (nSPS) is 10.5. The average Bonchev–Trinajstić information content (AvgIpc) is 2.62. The first-order valence-electron chi connectivity index (χ1n) is 7.59. The minimum absolute atomic E-state index is 0.0296. The first-order chi connectivity index (χ1) is 12.1. The third kappa shape index (κ3) is 6.27. The van der Waals surface area contributed by atoms with Crippen molar-refractivity contribution in [3.8, 4) is 5.75 Å². The standard InChI is InChI=1S/C18H18ClN3O3/c1-25-15-8-6-14(7-9-15)21-17(23)10-11-18(24)22-20-12-13-4-2-3-5-16(13)19/h2-9,12H,10-11H2,1H3,(H,21,23)(H,22,24)/b20-12-. The monoisotopic (exact) mass is 359 g/mol. The van der Waals surface area contributed by atoms with Crippen LogP contribution in [0.15, 0.2) is 53.6 Å². The van der Waals surface area contributed by atoms with Crippen molar-refractivity contribution in [1.82, 2.24) is 5.43 Å². The second-order valence-electron chi connectivity index (χ2n) is 5.09. The van der Waals surface area contributed by atoms with Crippen LogP contribution in [-0.2, 0) is 9.59 Å². The van der Waals surface area contributed by atoms with Gasteiger partial charge in [0.15, 0.2) is 0 Å². The van der Waals surface area contributed by atoms with E-state index in [0.717, 1.165) is 0 Å². The van der Waals surface area contributed by atoms with E-state index >= 15 is 0 Å². The maximum Gasteiger partial charge on any atom is 0.240 e. The molecule has 0 unspecified atom stereocenters. The predicted octanol–water partition coefficient (Wildman–Crippen LogP) is 3.22. The Balaban J connectivity index is 1.73. The molecule has 7 heteroatoms. The average molecular weight is 360 g/mol. The number of ether oxygens (including phenoxy) is 1. The molecule has 130 valence electrons. The summed E-state index contributed by atoms with van der Waals surface area (Å²) in [6.45, 7) is 0. The van der Waals surface area contributed by atoms with Crippen molar-refractivity contribution in [2.75, 3.05) is 12.4 Å². The van der Waals surface area contributed by atoms with Gasteiger partial charge in [-0.05, 0) is 30.3 Å². The Hall–Kier alpha value is -2.86. The third-order valence-electron chi connectivity index (χ3n) is 3.25. The number of nitrogens with zero attached hydrogens (tertiary/aromatic N) is 1. The van der Waals surface area contributed by atoms with Crippen molar-refractivity contribution in [2.45, 2.75) is 12.8 Å². The van der Waals surface area contributed by atoms with Crippen molar-refractivity contribution in [2.24, 2.45) is 5.10 Å². The molecule has 0 saturated heterocycles. The molecule has 0 fully saturated rings. The number of anilines is 1. The highest BCUT2D eigenvalue weighted by Gasteiger charge is 2.07. The molecule has 0 aliphatic heterocycles. The van der Waals surface area contributed by atoms with Gasteiger partial charge < -0.3 is 10.1 Å². The fourth-order valence-corrected chi connectivity index (χ4v) is 2.12. The molecular formula is C18H18ClN3O3. The number of hydrazone groups is 1. The Morgan fingerprint density at radius 2 is 1.76 bits per heavy atom. The zero-order valence-electron chi connectivity index (χ0n) is 13.7. The van der Waals surface area contributed by atoms with Crippen LogP contribution in [0.2, 0.25) is 5.02 Å². The molecule has 0 aliphatic carbocycles. The lowest BCUT2D eigenvalue weighted by atomic mass is 10.2. The van der Waals surface area contributed by atoms with Crippen LogP contribution in [0.3, 0.4) is 0 Å². The molecule has 0 saturated carbocycles. The van der Waals surface area contributed by atoms with Crippen LogP contribution in [0.1, 0.15) is 18.4 Å². The summed E-state index contributed by atoms with van der Waals surface area (Å²) in [6, 6.07) is 14.1. The molecule has 0 bridgehead atoms. The number of nitrogens with one attached hydrogen (secondary N) is 2. The quantitative estimate of drug-likeness (QED) is 0.588. The number of hydrogen-bond acceptors (Lipinski definition) is 4. The van der Waals surface area contributed by atoms with E-state index in [4.69, 9.17) is 16.3 Å². The summed E-state index contributed by atoms with van der Waals surface area (Å²) in [5.74, 6) is 0.0948. The highest BCUT2D eigenvalue weighted by Crippen LogP contribution is 2.15. The molecule has 2 aromatic carbocycles. The second-order valence-corrected chi connectivity index (χ2v) is 5.50. The Bertz CT molecular complexity index is 760. The highest BCUT2D eigenvalue weighted by molar-refractivity contribution is 6.33. The number of halogens is 1. The van der Waals surface area contributed by atoms with E-state index < -0.39 is 0 Å². The fourth-order valence-electron chi connectivity index (χ4n) is 1.93. The molecule has 0 spiro atoms. The Kier molecular flexibility index (Phi) is 6.98. The van der Waals surface area contributed by atoms with Crippen molar-refractivity contribution in [1.29, 1.82) is 0 Å². The second kappa shape index (κ2) is 9.44. The van der Waals surface area contributed by atoms with Crippen LogP contribution in [0, 0.1) is 0 Å². The predicted molar refractivity (Wildman–Crippen MR) is 98.0 cm³/mol. The van der Waals surface area contributed by atoms with Crippen molar-refractivity contribution >= 4 is 35.3 Å². The summed E-state index contributed by atoms with van der Waals surface area (Å²) in [4.78, 5) is 23.5. The van der Waals surface area contributed by atoms with E-state index in [1.54, 1.807) is 49.6 Å². The van der Waals surface area contributed by atoms with E-state index in [0.29, 0.717) is 22.0 Å². The van der Waals surface area contributed by atoms with Gasteiger partial charge in [-0.3, -0.25) is 9.59 Å². The first kappa shape index (κ1) is 18.5. The lowest BCUT2D eigenvalue weighted by Gasteiger charge is -2.06. The number of carbonyl (C=O) groups is 2. The van der Waals surface area contributed by atoms with Gasteiger partial charge in [0.2, 0.25) is 11.8 Å².